The van der Waals surface area contributed by atoms with Crippen molar-refractivity contribution in [2.24, 2.45) is 0 Å². The molecule has 0 saturated carbocycles. The van der Waals surface area contributed by atoms with Crippen LogP contribution in [-0.4, -0.2) is 20.6 Å². The summed E-state index contributed by atoms with van der Waals surface area (Å²) in [6.45, 7) is 3.96. The first-order valence-electron chi connectivity index (χ1n) is 9.54. The number of carbonyl (C=O) groups is 1. The molecular formula is C24H20F2N2O2. The number of aliphatic carboxylic acids is 1. The van der Waals surface area contributed by atoms with Gasteiger partial charge in [0.15, 0.2) is 0 Å². The van der Waals surface area contributed by atoms with Crippen LogP contribution in [0.3, 0.4) is 0 Å². The van der Waals surface area contributed by atoms with E-state index in [2.05, 4.69) is 4.98 Å². The second kappa shape index (κ2) is 7.71. The summed E-state index contributed by atoms with van der Waals surface area (Å²) in [4.78, 5) is 16.1. The Kier molecular flexibility index (Phi) is 5.08. The number of aryl methyl sites for hydroxylation is 2. The molecule has 0 spiro atoms. The molecule has 4 rings (SSSR count). The van der Waals surface area contributed by atoms with Crippen LogP contribution in [0.1, 0.15) is 22.4 Å². The number of pyridine rings is 1. The lowest BCUT2D eigenvalue weighted by Crippen LogP contribution is -2.08. The predicted octanol–water partition coefficient (Wildman–Crippen LogP) is 5.27. The monoisotopic (exact) mass is 406 g/mol. The number of hydrogen-bond acceptors (Lipinski definition) is 2. The summed E-state index contributed by atoms with van der Waals surface area (Å²) in [5.41, 5.74) is 5.06. The topological polar surface area (TPSA) is 55.1 Å². The molecular weight excluding hydrogens is 386 g/mol. The van der Waals surface area contributed by atoms with E-state index in [1.165, 1.54) is 12.1 Å². The molecule has 2 aromatic carbocycles. The van der Waals surface area contributed by atoms with Gasteiger partial charge in [-0.1, -0.05) is 35.9 Å². The van der Waals surface area contributed by atoms with E-state index in [1.807, 2.05) is 37.3 Å². The molecule has 0 radical (unpaired) electrons. The first kappa shape index (κ1) is 19.8. The zero-order valence-corrected chi connectivity index (χ0v) is 16.6. The summed E-state index contributed by atoms with van der Waals surface area (Å²) >= 11 is 0. The molecule has 4 nitrogen and oxygen atoms in total. The summed E-state index contributed by atoms with van der Waals surface area (Å²) in [5.74, 6) is -2.17. The lowest BCUT2D eigenvalue weighted by atomic mass is 9.94. The minimum Gasteiger partial charge on any atom is -0.481 e. The van der Waals surface area contributed by atoms with Gasteiger partial charge in [-0.3, -0.25) is 4.79 Å². The maximum atomic E-state index is 14.2. The van der Waals surface area contributed by atoms with E-state index in [9.17, 15) is 18.7 Å². The normalized spacial score (nSPS) is 11.2. The summed E-state index contributed by atoms with van der Waals surface area (Å²) in [6.07, 6.45) is 1.65. The zero-order valence-electron chi connectivity index (χ0n) is 16.6. The van der Waals surface area contributed by atoms with Crippen LogP contribution in [0.5, 0.6) is 0 Å². The molecule has 4 aromatic rings. The third-order valence-corrected chi connectivity index (χ3v) is 5.24. The predicted molar refractivity (Wildman–Crippen MR) is 111 cm³/mol. The van der Waals surface area contributed by atoms with Gasteiger partial charge in [-0.15, -0.1) is 0 Å². The van der Waals surface area contributed by atoms with Gasteiger partial charge in [0.05, 0.1) is 13.0 Å². The molecule has 0 aliphatic carbocycles. The molecule has 0 aliphatic heterocycles. The van der Waals surface area contributed by atoms with Crippen LogP contribution in [0, 0.1) is 25.5 Å². The Balaban J connectivity index is 1.91. The van der Waals surface area contributed by atoms with Crippen molar-refractivity contribution in [3.8, 4) is 11.1 Å². The molecule has 6 heteroatoms. The molecule has 0 bridgehead atoms. The maximum absolute atomic E-state index is 14.2. The van der Waals surface area contributed by atoms with E-state index in [-0.39, 0.29) is 13.0 Å². The highest BCUT2D eigenvalue weighted by atomic mass is 19.1. The average molecular weight is 406 g/mol. The van der Waals surface area contributed by atoms with Gasteiger partial charge in [0.25, 0.3) is 0 Å². The smallest absolute Gasteiger partial charge is 0.307 e. The number of nitrogens with zero attached hydrogens (tertiary/aromatic N) is 2. The van der Waals surface area contributed by atoms with Gasteiger partial charge in [0, 0.05) is 28.9 Å². The van der Waals surface area contributed by atoms with Gasteiger partial charge in [0.1, 0.15) is 17.3 Å². The van der Waals surface area contributed by atoms with Crippen LogP contribution in [0.25, 0.3) is 22.2 Å². The molecule has 30 heavy (non-hydrogen) atoms. The molecule has 0 atom stereocenters. The SMILES string of the molecule is Cc1ccc(-c2c(CC(=O)O)c(C)nc3c2ccn3Cc2ccc(F)cc2F)cc1. The highest BCUT2D eigenvalue weighted by Crippen LogP contribution is 2.34. The van der Waals surface area contributed by atoms with Gasteiger partial charge in [-0.25, -0.2) is 13.8 Å². The lowest BCUT2D eigenvalue weighted by Gasteiger charge is -2.15. The fraction of sp³-hybridized carbons (Fsp3) is 0.167. The molecule has 152 valence electrons. The van der Waals surface area contributed by atoms with E-state index < -0.39 is 17.6 Å². The van der Waals surface area contributed by atoms with Crippen LogP contribution in [0.15, 0.2) is 54.7 Å². The minimum absolute atomic E-state index is 0.143. The number of halogens is 2. The van der Waals surface area contributed by atoms with E-state index in [0.29, 0.717) is 22.5 Å². The third-order valence-electron chi connectivity index (χ3n) is 5.24. The van der Waals surface area contributed by atoms with Gasteiger partial charge in [0.2, 0.25) is 0 Å². The standard InChI is InChI=1S/C24H20F2N2O2/c1-14-3-5-16(6-4-14)23-19-9-10-28(13-17-7-8-18(25)11-21(17)26)24(19)27-15(2)20(23)12-22(29)30/h3-11H,12-13H2,1-2H3,(H,29,30). The molecule has 0 aliphatic rings. The number of carboxylic acid groups (broad SMARTS) is 1. The second-order valence-corrected chi connectivity index (χ2v) is 7.40. The Hall–Kier alpha value is -3.54. The van der Waals surface area contributed by atoms with E-state index in [0.717, 1.165) is 28.1 Å². The number of rotatable bonds is 5. The Morgan fingerprint density at radius 2 is 1.80 bits per heavy atom. The molecule has 0 unspecified atom stereocenters. The second-order valence-electron chi connectivity index (χ2n) is 7.40. The van der Waals surface area contributed by atoms with Gasteiger partial charge < -0.3 is 9.67 Å². The van der Waals surface area contributed by atoms with Crippen LogP contribution in [0.4, 0.5) is 8.78 Å². The van der Waals surface area contributed by atoms with Crippen molar-refractivity contribution < 1.29 is 18.7 Å². The van der Waals surface area contributed by atoms with Crippen molar-refractivity contribution in [1.82, 2.24) is 9.55 Å². The highest BCUT2D eigenvalue weighted by molar-refractivity contribution is 5.97. The van der Waals surface area contributed by atoms with Crippen molar-refractivity contribution in [2.75, 3.05) is 0 Å². The molecule has 0 saturated heterocycles. The van der Waals surface area contributed by atoms with E-state index >= 15 is 0 Å². The Morgan fingerprint density at radius 3 is 2.47 bits per heavy atom. The number of hydrogen-bond donors (Lipinski definition) is 1. The Bertz CT molecular complexity index is 1260. The van der Waals surface area contributed by atoms with E-state index in [1.54, 1.807) is 17.7 Å². The first-order chi connectivity index (χ1) is 14.3. The number of benzene rings is 2. The number of fused-ring (bicyclic) bond motifs is 1. The van der Waals surface area contributed by atoms with Crippen molar-refractivity contribution >= 4 is 17.0 Å². The van der Waals surface area contributed by atoms with Gasteiger partial charge in [-0.05, 0) is 42.7 Å². The molecule has 1 N–H and O–H groups in total. The third kappa shape index (κ3) is 3.68. The largest absolute Gasteiger partial charge is 0.481 e. The molecule has 2 heterocycles. The fourth-order valence-electron chi connectivity index (χ4n) is 3.73. The summed E-state index contributed by atoms with van der Waals surface area (Å²) in [6, 6.07) is 13.3. The van der Waals surface area contributed by atoms with Crippen LogP contribution in [-0.2, 0) is 17.8 Å². The lowest BCUT2D eigenvalue weighted by molar-refractivity contribution is -0.136. The van der Waals surface area contributed by atoms with Crippen LogP contribution < -0.4 is 0 Å². The quantitative estimate of drug-likeness (QED) is 0.491. The van der Waals surface area contributed by atoms with Crippen molar-refractivity contribution in [3.05, 3.63) is 88.7 Å². The minimum atomic E-state index is -0.930. The average Bonchev–Trinajstić information content (AvgIpc) is 3.07. The van der Waals surface area contributed by atoms with Crippen LogP contribution in [0.2, 0.25) is 0 Å². The zero-order chi connectivity index (χ0) is 21.4. The number of carboxylic acids is 1. The first-order valence-corrected chi connectivity index (χ1v) is 9.54. The van der Waals surface area contributed by atoms with Gasteiger partial charge in [-0.2, -0.15) is 0 Å². The maximum Gasteiger partial charge on any atom is 0.307 e. The van der Waals surface area contributed by atoms with Crippen molar-refractivity contribution in [1.29, 1.82) is 0 Å². The highest BCUT2D eigenvalue weighted by Gasteiger charge is 2.19. The summed E-state index contributed by atoms with van der Waals surface area (Å²) in [5, 5.41) is 10.2. The van der Waals surface area contributed by atoms with Gasteiger partial charge >= 0.3 is 5.97 Å². The fourth-order valence-corrected chi connectivity index (χ4v) is 3.73. The van der Waals surface area contributed by atoms with Crippen LogP contribution >= 0.6 is 0 Å². The Morgan fingerprint density at radius 1 is 1.07 bits per heavy atom. The summed E-state index contributed by atoms with van der Waals surface area (Å²) in [7, 11) is 0. The molecule has 0 fully saturated rings. The van der Waals surface area contributed by atoms with E-state index in [4.69, 9.17) is 0 Å². The van der Waals surface area contributed by atoms with Crippen molar-refractivity contribution in [2.45, 2.75) is 26.8 Å². The summed E-state index contributed by atoms with van der Waals surface area (Å²) < 4.78 is 29.2. The number of aromatic nitrogens is 2. The Labute approximate surface area is 172 Å². The molecule has 0 amide bonds. The molecule has 2 aromatic heterocycles. The van der Waals surface area contributed by atoms with Crippen molar-refractivity contribution in [3.63, 3.8) is 0 Å².